The van der Waals surface area contributed by atoms with E-state index < -0.39 is 0 Å². The minimum absolute atomic E-state index is 0.833. The maximum atomic E-state index is 5.41. The van der Waals surface area contributed by atoms with Crippen molar-refractivity contribution in [1.29, 1.82) is 0 Å². The van der Waals surface area contributed by atoms with Crippen molar-refractivity contribution in [1.82, 2.24) is 14.5 Å². The molecule has 0 atom stereocenters. The lowest BCUT2D eigenvalue weighted by Gasteiger charge is -2.16. The van der Waals surface area contributed by atoms with Crippen molar-refractivity contribution < 1.29 is 0 Å². The molecule has 11 rings (SSSR count). The Morgan fingerprint density at radius 3 is 1.73 bits per heavy atom. The van der Waals surface area contributed by atoms with Crippen molar-refractivity contribution >= 4 is 54.4 Å². The number of fused-ring (bicyclic) bond motifs is 5. The van der Waals surface area contributed by atoms with Crippen molar-refractivity contribution in [2.75, 3.05) is 0 Å². The summed E-state index contributed by atoms with van der Waals surface area (Å²) >= 11 is 0. The molecule has 0 amide bonds. The van der Waals surface area contributed by atoms with Crippen LogP contribution < -0.4 is 0 Å². The average molecular weight is 622 g/mol. The van der Waals surface area contributed by atoms with Gasteiger partial charge in [0.15, 0.2) is 5.82 Å². The zero-order chi connectivity index (χ0) is 32.1. The quantitative estimate of drug-likeness (QED) is 0.196. The van der Waals surface area contributed by atoms with Gasteiger partial charge in [0.1, 0.15) is 5.69 Å². The van der Waals surface area contributed by atoms with Gasteiger partial charge in [-0.25, -0.2) is 9.97 Å². The number of benzene rings is 8. The molecule has 10 aromatic rings. The summed E-state index contributed by atoms with van der Waals surface area (Å²) in [5.74, 6) is 0.833. The van der Waals surface area contributed by atoms with Gasteiger partial charge in [-0.15, -0.1) is 0 Å². The predicted octanol–water partition coefficient (Wildman–Crippen LogP) is 12.0. The number of rotatable bonds is 3. The van der Waals surface area contributed by atoms with Crippen LogP contribution in [0.15, 0.2) is 164 Å². The first kappa shape index (κ1) is 26.5. The fourth-order valence-corrected chi connectivity index (χ4v) is 8.18. The fourth-order valence-electron chi connectivity index (χ4n) is 8.18. The standard InChI is InChI=1S/C46H27N3/c1-2-13-32-28(10-1)11-7-16-33(32)29-22-24-31(25-23-29)45-46(48-39-20-6-5-19-38(39)47-45)49-40-21-9-18-37-35-15-4-3-14-34(35)36-17-8-12-30-26-27-41(49)44(42(30)36)43(37)40/h1-27H. The first-order valence-corrected chi connectivity index (χ1v) is 16.8. The van der Waals surface area contributed by atoms with Crippen LogP contribution in [0.1, 0.15) is 0 Å². The smallest absolute Gasteiger partial charge is 0.165 e. The van der Waals surface area contributed by atoms with Crippen molar-refractivity contribution in [3.05, 3.63) is 164 Å². The molecule has 0 radical (unpaired) electrons. The van der Waals surface area contributed by atoms with Crippen molar-refractivity contribution in [2.24, 2.45) is 0 Å². The molecule has 0 N–H and O–H groups in total. The number of hydrogen-bond donors (Lipinski definition) is 0. The molecular weight excluding hydrogens is 595 g/mol. The molecule has 0 fully saturated rings. The molecule has 0 bridgehead atoms. The molecule has 3 heteroatoms. The van der Waals surface area contributed by atoms with Crippen LogP contribution >= 0.6 is 0 Å². The van der Waals surface area contributed by atoms with Crippen LogP contribution in [0.2, 0.25) is 0 Å². The van der Waals surface area contributed by atoms with Gasteiger partial charge in [-0.05, 0) is 79.2 Å². The van der Waals surface area contributed by atoms with E-state index in [1.807, 2.05) is 12.1 Å². The van der Waals surface area contributed by atoms with Crippen LogP contribution in [0.3, 0.4) is 0 Å². The summed E-state index contributed by atoms with van der Waals surface area (Å²) in [6.45, 7) is 0. The highest BCUT2D eigenvalue weighted by Crippen LogP contribution is 2.50. The fraction of sp³-hybridized carbons (Fsp3) is 0. The Balaban J connectivity index is 1.22. The lowest BCUT2D eigenvalue weighted by molar-refractivity contribution is 1.08. The second kappa shape index (κ2) is 9.96. The van der Waals surface area contributed by atoms with E-state index in [1.54, 1.807) is 0 Å². The van der Waals surface area contributed by atoms with E-state index in [0.29, 0.717) is 0 Å². The molecule has 1 aliphatic rings. The van der Waals surface area contributed by atoms with Gasteiger partial charge in [0.05, 0.1) is 22.1 Å². The van der Waals surface area contributed by atoms with E-state index in [4.69, 9.17) is 9.97 Å². The minimum Gasteiger partial charge on any atom is -0.292 e. The van der Waals surface area contributed by atoms with Gasteiger partial charge in [0.2, 0.25) is 0 Å². The lowest BCUT2D eigenvalue weighted by atomic mass is 9.93. The summed E-state index contributed by atoms with van der Waals surface area (Å²) in [5, 5.41) is 7.54. The predicted molar refractivity (Wildman–Crippen MR) is 204 cm³/mol. The van der Waals surface area contributed by atoms with Crippen LogP contribution in [0.25, 0.3) is 105 Å². The average Bonchev–Trinajstić information content (AvgIpc) is 3.45. The van der Waals surface area contributed by atoms with Gasteiger partial charge in [-0.1, -0.05) is 140 Å². The molecule has 0 saturated heterocycles. The molecule has 0 aliphatic heterocycles. The van der Waals surface area contributed by atoms with Crippen LogP contribution in [0, 0.1) is 0 Å². The van der Waals surface area contributed by atoms with Crippen LogP contribution in [-0.4, -0.2) is 14.5 Å². The van der Waals surface area contributed by atoms with Crippen LogP contribution in [0.5, 0.6) is 0 Å². The van der Waals surface area contributed by atoms with E-state index in [9.17, 15) is 0 Å². The number of para-hydroxylation sites is 2. The molecule has 226 valence electrons. The third kappa shape index (κ3) is 3.73. The van der Waals surface area contributed by atoms with E-state index >= 15 is 0 Å². The second-order valence-corrected chi connectivity index (χ2v) is 12.9. The molecule has 0 unspecified atom stereocenters. The van der Waals surface area contributed by atoms with Crippen molar-refractivity contribution in [3.63, 3.8) is 0 Å². The Morgan fingerprint density at radius 1 is 0.347 bits per heavy atom. The summed E-state index contributed by atoms with van der Waals surface area (Å²) in [7, 11) is 0. The highest BCUT2D eigenvalue weighted by atomic mass is 15.1. The van der Waals surface area contributed by atoms with E-state index in [2.05, 4.69) is 156 Å². The summed E-state index contributed by atoms with van der Waals surface area (Å²) < 4.78 is 2.35. The van der Waals surface area contributed by atoms with Crippen molar-refractivity contribution in [3.8, 4) is 50.5 Å². The Kier molecular flexibility index (Phi) is 5.38. The Bertz CT molecular complexity index is 2980. The van der Waals surface area contributed by atoms with Crippen LogP contribution in [0.4, 0.5) is 0 Å². The second-order valence-electron chi connectivity index (χ2n) is 12.9. The molecular formula is C46H27N3. The maximum Gasteiger partial charge on any atom is 0.165 e. The van der Waals surface area contributed by atoms with Gasteiger partial charge >= 0.3 is 0 Å². The van der Waals surface area contributed by atoms with Gasteiger partial charge < -0.3 is 0 Å². The van der Waals surface area contributed by atoms with Gasteiger partial charge in [0.25, 0.3) is 0 Å². The molecule has 2 aromatic heterocycles. The molecule has 0 spiro atoms. The first-order chi connectivity index (χ1) is 24.3. The van der Waals surface area contributed by atoms with Crippen molar-refractivity contribution in [2.45, 2.75) is 0 Å². The molecule has 49 heavy (non-hydrogen) atoms. The molecule has 0 saturated carbocycles. The van der Waals surface area contributed by atoms with E-state index in [-0.39, 0.29) is 0 Å². The lowest BCUT2D eigenvalue weighted by Crippen LogP contribution is -2.04. The Labute approximate surface area is 282 Å². The number of hydrogen-bond acceptors (Lipinski definition) is 2. The third-order valence-corrected chi connectivity index (χ3v) is 10.3. The highest BCUT2D eigenvalue weighted by Gasteiger charge is 2.26. The summed E-state index contributed by atoms with van der Waals surface area (Å²) in [4.78, 5) is 10.7. The highest BCUT2D eigenvalue weighted by molar-refractivity contribution is 6.30. The Morgan fingerprint density at radius 2 is 0.918 bits per heavy atom. The van der Waals surface area contributed by atoms with Gasteiger partial charge in [-0.2, -0.15) is 0 Å². The summed E-state index contributed by atoms with van der Waals surface area (Å²) in [5.41, 5.74) is 13.3. The minimum atomic E-state index is 0.833. The van der Waals surface area contributed by atoms with Crippen LogP contribution in [-0.2, 0) is 0 Å². The maximum absolute atomic E-state index is 5.41. The van der Waals surface area contributed by atoms with E-state index in [0.717, 1.165) is 39.1 Å². The van der Waals surface area contributed by atoms with E-state index in [1.165, 1.54) is 65.7 Å². The molecule has 2 heterocycles. The Hall–Kier alpha value is -6.58. The monoisotopic (exact) mass is 621 g/mol. The molecule has 1 aliphatic carbocycles. The topological polar surface area (TPSA) is 30.7 Å². The first-order valence-electron chi connectivity index (χ1n) is 16.8. The summed E-state index contributed by atoms with van der Waals surface area (Å²) in [6, 6.07) is 58.8. The van der Waals surface area contributed by atoms with Gasteiger partial charge in [0, 0.05) is 16.3 Å². The molecule has 8 aromatic carbocycles. The zero-order valence-electron chi connectivity index (χ0n) is 26.4. The molecule has 3 nitrogen and oxygen atoms in total. The van der Waals surface area contributed by atoms with Gasteiger partial charge in [-0.3, -0.25) is 4.57 Å². The SMILES string of the molecule is c1ccc2c(c1)-c1cccc3ccc4c(c13)c1c-2cccc1n4-c1nc2ccccc2nc1-c1ccc(-c2cccc3ccccc23)cc1. The third-order valence-electron chi connectivity index (χ3n) is 10.3. The largest absolute Gasteiger partial charge is 0.292 e. The normalized spacial score (nSPS) is 12.1. The zero-order valence-corrected chi connectivity index (χ0v) is 26.4. The number of aromatic nitrogens is 3. The summed E-state index contributed by atoms with van der Waals surface area (Å²) in [6.07, 6.45) is 0. The number of nitrogens with zero attached hydrogens (tertiary/aromatic N) is 3.